The number of hydrogen-bond donors (Lipinski definition) is 3. The molecule has 1 saturated carbocycles. The fourth-order valence-electron chi connectivity index (χ4n) is 4.72. The first-order valence-corrected chi connectivity index (χ1v) is 9.53. The topological polar surface area (TPSA) is 89.9 Å². The van der Waals surface area contributed by atoms with E-state index in [1.165, 1.54) is 0 Å². The first-order valence-electron chi connectivity index (χ1n) is 9.53. The van der Waals surface area contributed by atoms with Crippen molar-refractivity contribution in [3.05, 3.63) is 71.8 Å². The van der Waals surface area contributed by atoms with E-state index in [0.29, 0.717) is 12.1 Å². The summed E-state index contributed by atoms with van der Waals surface area (Å²) >= 11 is 0. The summed E-state index contributed by atoms with van der Waals surface area (Å²) in [6.07, 6.45) is -0.691. The van der Waals surface area contributed by atoms with Crippen LogP contribution in [0.3, 0.4) is 0 Å². The largest absolute Gasteiger partial charge is 0.396 e. The van der Waals surface area contributed by atoms with Crippen molar-refractivity contribution in [2.75, 3.05) is 26.2 Å². The number of aliphatic hydroxyl groups is 2. The molecule has 0 aromatic heterocycles. The summed E-state index contributed by atoms with van der Waals surface area (Å²) in [6, 6.07) is 18.6. The van der Waals surface area contributed by atoms with Crippen molar-refractivity contribution >= 4 is 11.8 Å². The number of benzene rings is 2. The van der Waals surface area contributed by atoms with Crippen LogP contribution >= 0.6 is 0 Å². The Bertz CT molecular complexity index is 857. The molecular weight excluding hydrogens is 356 g/mol. The summed E-state index contributed by atoms with van der Waals surface area (Å²) in [5.41, 5.74) is 1.07. The van der Waals surface area contributed by atoms with E-state index < -0.39 is 11.5 Å². The minimum atomic E-state index is -0.691. The number of hydrogen-bond acceptors (Lipinski definition) is 4. The number of carbonyl (C=O) groups is 2. The third-order valence-electron chi connectivity index (χ3n) is 6.19. The van der Waals surface area contributed by atoms with Crippen LogP contribution < -0.4 is 5.32 Å². The average molecular weight is 380 g/mol. The monoisotopic (exact) mass is 380 g/mol. The van der Waals surface area contributed by atoms with Gasteiger partial charge >= 0.3 is 0 Å². The first-order chi connectivity index (χ1) is 13.6. The molecule has 1 spiro atoms. The summed E-state index contributed by atoms with van der Waals surface area (Å²) < 4.78 is 0. The van der Waals surface area contributed by atoms with Crippen LogP contribution in [-0.4, -0.2) is 59.3 Å². The van der Waals surface area contributed by atoms with Crippen molar-refractivity contribution in [1.29, 1.82) is 0 Å². The minimum absolute atomic E-state index is 0.0244. The number of nitrogens with zero attached hydrogens (tertiary/aromatic N) is 1. The van der Waals surface area contributed by atoms with E-state index >= 15 is 0 Å². The second-order valence-corrected chi connectivity index (χ2v) is 7.63. The second kappa shape index (κ2) is 7.37. The molecule has 1 heterocycles. The molecule has 4 atom stereocenters. The van der Waals surface area contributed by atoms with E-state index in [1.807, 2.05) is 36.4 Å². The Morgan fingerprint density at radius 1 is 1.07 bits per heavy atom. The van der Waals surface area contributed by atoms with Crippen molar-refractivity contribution in [1.82, 2.24) is 10.2 Å². The molecule has 1 saturated heterocycles. The molecule has 2 aromatic rings. The molecule has 4 rings (SSSR count). The van der Waals surface area contributed by atoms with Gasteiger partial charge in [0.25, 0.3) is 5.91 Å². The van der Waals surface area contributed by atoms with Gasteiger partial charge in [0.05, 0.1) is 12.6 Å². The van der Waals surface area contributed by atoms with Gasteiger partial charge in [-0.05, 0) is 29.5 Å². The predicted octanol–water partition coefficient (Wildman–Crippen LogP) is 1.01. The normalized spacial score (nSPS) is 28.4. The van der Waals surface area contributed by atoms with E-state index in [2.05, 4.69) is 5.32 Å². The maximum absolute atomic E-state index is 12.6. The lowest BCUT2D eigenvalue weighted by Crippen LogP contribution is -2.39. The maximum atomic E-state index is 12.6. The van der Waals surface area contributed by atoms with Gasteiger partial charge in [0.1, 0.15) is 0 Å². The fraction of sp³-hybridized carbons (Fsp3) is 0.364. The molecule has 2 fully saturated rings. The highest BCUT2D eigenvalue weighted by Crippen LogP contribution is 2.68. The van der Waals surface area contributed by atoms with E-state index in [-0.39, 0.29) is 43.3 Å². The van der Waals surface area contributed by atoms with Crippen LogP contribution in [0.15, 0.2) is 60.7 Å². The summed E-state index contributed by atoms with van der Waals surface area (Å²) in [6.45, 7) is 0.471. The van der Waals surface area contributed by atoms with Crippen LogP contribution in [0.1, 0.15) is 21.8 Å². The highest BCUT2D eigenvalue weighted by Gasteiger charge is 2.71. The molecule has 146 valence electrons. The van der Waals surface area contributed by atoms with Gasteiger partial charge in [0, 0.05) is 30.7 Å². The number of amides is 2. The van der Waals surface area contributed by atoms with Gasteiger partial charge in [-0.3, -0.25) is 9.59 Å². The van der Waals surface area contributed by atoms with Gasteiger partial charge < -0.3 is 20.4 Å². The molecule has 28 heavy (non-hydrogen) atoms. The summed E-state index contributed by atoms with van der Waals surface area (Å²) in [4.78, 5) is 26.4. The number of carbonyl (C=O) groups excluding carboxylic acids is 2. The highest BCUT2D eigenvalue weighted by molar-refractivity contribution is 5.96. The summed E-state index contributed by atoms with van der Waals surface area (Å²) in [7, 11) is 0. The molecule has 2 aliphatic rings. The molecular formula is C22H24N2O4. The lowest BCUT2D eigenvalue weighted by Gasteiger charge is -2.17. The third kappa shape index (κ3) is 3.08. The van der Waals surface area contributed by atoms with E-state index in [4.69, 9.17) is 0 Å². The Hall–Kier alpha value is -2.70. The lowest BCUT2D eigenvalue weighted by molar-refractivity contribution is -0.129. The standard InChI is InChI=1S/C22H24N2O4/c25-13-17-20(15-7-3-1-4-8-15)22(17)14-24(12-18(22)26)19(27)11-23-21(28)16-9-5-2-6-10-16/h1-10,17-18,20,25-26H,11-14H2,(H,23,28)/t17-,18-,20-,22-/m1/s1. The minimum Gasteiger partial charge on any atom is -0.396 e. The molecule has 6 heteroatoms. The molecule has 1 aliphatic carbocycles. The Kier molecular flexibility index (Phi) is 4.91. The highest BCUT2D eigenvalue weighted by atomic mass is 16.3. The van der Waals surface area contributed by atoms with Crippen LogP contribution in [0, 0.1) is 11.3 Å². The van der Waals surface area contributed by atoms with Gasteiger partial charge in [0.15, 0.2) is 0 Å². The zero-order chi connectivity index (χ0) is 19.7. The molecule has 3 N–H and O–H groups in total. The Balaban J connectivity index is 1.41. The molecule has 0 radical (unpaired) electrons. The van der Waals surface area contributed by atoms with Crippen LogP contribution in [0.5, 0.6) is 0 Å². The summed E-state index contributed by atoms with van der Waals surface area (Å²) in [5, 5.41) is 23.2. The number of rotatable bonds is 5. The lowest BCUT2D eigenvalue weighted by atomic mass is 9.95. The van der Waals surface area contributed by atoms with Crippen LogP contribution in [0.4, 0.5) is 0 Å². The number of nitrogens with one attached hydrogen (secondary N) is 1. The van der Waals surface area contributed by atoms with E-state index in [0.717, 1.165) is 5.56 Å². The second-order valence-electron chi connectivity index (χ2n) is 7.63. The van der Waals surface area contributed by atoms with Crippen LogP contribution in [-0.2, 0) is 4.79 Å². The van der Waals surface area contributed by atoms with Crippen LogP contribution in [0.25, 0.3) is 0 Å². The average Bonchev–Trinajstić information content (AvgIpc) is 3.27. The number of aliphatic hydroxyl groups excluding tert-OH is 2. The molecule has 2 aromatic carbocycles. The van der Waals surface area contributed by atoms with Gasteiger partial charge in [-0.2, -0.15) is 0 Å². The molecule has 0 unspecified atom stereocenters. The van der Waals surface area contributed by atoms with E-state index in [1.54, 1.807) is 29.2 Å². The Morgan fingerprint density at radius 3 is 2.36 bits per heavy atom. The van der Waals surface area contributed by atoms with Gasteiger partial charge in [-0.1, -0.05) is 48.5 Å². The number of β-amino-alcohol motifs (C(OH)–C–C–N with tert-alkyl or cyclic N) is 1. The molecule has 6 nitrogen and oxygen atoms in total. The quantitative estimate of drug-likeness (QED) is 0.722. The maximum Gasteiger partial charge on any atom is 0.251 e. The van der Waals surface area contributed by atoms with Gasteiger partial charge in [-0.25, -0.2) is 0 Å². The smallest absolute Gasteiger partial charge is 0.251 e. The molecule has 2 amide bonds. The Morgan fingerprint density at radius 2 is 1.71 bits per heavy atom. The SMILES string of the molecule is O=C(NCC(=O)N1C[C@@H](O)[C@@]2(C1)[C@H](CO)[C@H]2c1ccccc1)c1ccccc1. The van der Waals surface area contributed by atoms with Crippen molar-refractivity contribution < 1.29 is 19.8 Å². The van der Waals surface area contributed by atoms with E-state index in [9.17, 15) is 19.8 Å². The van der Waals surface area contributed by atoms with Crippen molar-refractivity contribution in [2.45, 2.75) is 12.0 Å². The molecule has 0 bridgehead atoms. The van der Waals surface area contributed by atoms with Gasteiger partial charge in [0.2, 0.25) is 5.91 Å². The van der Waals surface area contributed by atoms with Gasteiger partial charge in [-0.15, -0.1) is 0 Å². The Labute approximate surface area is 163 Å². The fourth-order valence-corrected chi connectivity index (χ4v) is 4.72. The van der Waals surface area contributed by atoms with Crippen molar-refractivity contribution in [2.24, 2.45) is 11.3 Å². The zero-order valence-corrected chi connectivity index (χ0v) is 15.5. The van der Waals surface area contributed by atoms with Crippen molar-refractivity contribution in [3.63, 3.8) is 0 Å². The number of likely N-dealkylation sites (tertiary alicyclic amines) is 1. The molecule has 1 aliphatic heterocycles. The van der Waals surface area contributed by atoms with Crippen molar-refractivity contribution in [3.8, 4) is 0 Å². The first kappa shape index (κ1) is 18.7. The zero-order valence-electron chi connectivity index (χ0n) is 15.5. The third-order valence-corrected chi connectivity index (χ3v) is 6.19. The van der Waals surface area contributed by atoms with Crippen LogP contribution in [0.2, 0.25) is 0 Å². The summed E-state index contributed by atoms with van der Waals surface area (Å²) in [5.74, 6) is -0.562. The predicted molar refractivity (Wildman–Crippen MR) is 104 cm³/mol.